The van der Waals surface area contributed by atoms with Crippen LogP contribution in [0.2, 0.25) is 19.6 Å². The molecule has 1 heterocycles. The van der Waals surface area contributed by atoms with Crippen LogP contribution in [0.1, 0.15) is 28.3 Å². The van der Waals surface area contributed by atoms with E-state index >= 15 is 0 Å². The lowest BCUT2D eigenvalue weighted by molar-refractivity contribution is -0.930. The van der Waals surface area contributed by atoms with E-state index in [2.05, 4.69) is 82.1 Å². The minimum atomic E-state index is -1.15. The number of rotatable bonds is 3. The minimum Gasteiger partial charge on any atom is -0.316 e. The maximum Gasteiger partial charge on any atom is 0.141 e. The molecule has 1 aliphatic heterocycles. The number of hydrogen-bond donors (Lipinski definition) is 0. The Kier molecular flexibility index (Phi) is 3.78. The van der Waals surface area contributed by atoms with Gasteiger partial charge in [0.05, 0.1) is 13.2 Å². The highest BCUT2D eigenvalue weighted by Crippen LogP contribution is 2.44. The first-order chi connectivity index (χ1) is 10.3. The standard InChI is InChI=1S/C20H28NSi/c1-16-10-6-8-12-18(16)20-19-13-9-7-11-17(19)14-21(20,2)15-22(3,4)5/h6-13,20H,14-15H2,1-5H3/q+1/t20-,21+/m0/s1. The highest BCUT2D eigenvalue weighted by Gasteiger charge is 2.45. The maximum atomic E-state index is 2.49. The lowest BCUT2D eigenvalue weighted by Crippen LogP contribution is -2.52. The maximum absolute atomic E-state index is 2.49. The van der Waals surface area contributed by atoms with E-state index in [9.17, 15) is 0 Å². The molecule has 0 aliphatic carbocycles. The van der Waals surface area contributed by atoms with Gasteiger partial charge in [0.1, 0.15) is 20.7 Å². The highest BCUT2D eigenvalue weighted by atomic mass is 28.3. The second kappa shape index (κ2) is 5.36. The van der Waals surface area contributed by atoms with E-state index in [1.165, 1.54) is 35.0 Å². The SMILES string of the molecule is Cc1ccccc1[C@H]1c2ccccc2C[N@+]1(C)C[Si](C)(C)C. The molecule has 0 spiro atoms. The van der Waals surface area contributed by atoms with E-state index < -0.39 is 8.07 Å². The van der Waals surface area contributed by atoms with Crippen molar-refractivity contribution in [2.24, 2.45) is 0 Å². The summed E-state index contributed by atoms with van der Waals surface area (Å²) in [6, 6.07) is 18.5. The van der Waals surface area contributed by atoms with Crippen LogP contribution in [0.15, 0.2) is 48.5 Å². The fourth-order valence-electron chi connectivity index (χ4n) is 4.39. The van der Waals surface area contributed by atoms with Gasteiger partial charge in [-0.2, -0.15) is 0 Å². The van der Waals surface area contributed by atoms with E-state index in [0.717, 1.165) is 4.48 Å². The van der Waals surface area contributed by atoms with Crippen molar-refractivity contribution in [1.29, 1.82) is 0 Å². The molecule has 0 aromatic heterocycles. The zero-order valence-electron chi connectivity index (χ0n) is 14.6. The van der Waals surface area contributed by atoms with Crippen LogP contribution in [0.5, 0.6) is 0 Å². The Morgan fingerprint density at radius 3 is 2.18 bits per heavy atom. The highest BCUT2D eigenvalue weighted by molar-refractivity contribution is 6.76. The van der Waals surface area contributed by atoms with Crippen molar-refractivity contribution in [2.45, 2.75) is 39.2 Å². The number of nitrogens with zero attached hydrogens (tertiary/aromatic N) is 1. The first-order valence-corrected chi connectivity index (χ1v) is 12.0. The van der Waals surface area contributed by atoms with Crippen LogP contribution in [0.25, 0.3) is 0 Å². The van der Waals surface area contributed by atoms with Gasteiger partial charge in [-0.25, -0.2) is 0 Å². The summed E-state index contributed by atoms with van der Waals surface area (Å²) in [5.41, 5.74) is 6.01. The second-order valence-electron chi connectivity index (χ2n) is 8.31. The lowest BCUT2D eigenvalue weighted by Gasteiger charge is -2.41. The fourth-order valence-corrected chi connectivity index (χ4v) is 6.85. The minimum absolute atomic E-state index is 0.490. The van der Waals surface area contributed by atoms with Crippen molar-refractivity contribution < 1.29 is 4.48 Å². The third kappa shape index (κ3) is 2.78. The number of benzene rings is 2. The van der Waals surface area contributed by atoms with Crippen LogP contribution in [-0.2, 0) is 6.54 Å². The molecule has 3 rings (SSSR count). The van der Waals surface area contributed by atoms with Crippen LogP contribution in [0.4, 0.5) is 0 Å². The summed E-state index contributed by atoms with van der Waals surface area (Å²) in [5.74, 6) is 0. The van der Waals surface area contributed by atoms with Crippen LogP contribution < -0.4 is 0 Å². The number of aryl methyl sites for hydroxylation is 1. The van der Waals surface area contributed by atoms with Gasteiger partial charge in [0, 0.05) is 16.7 Å². The van der Waals surface area contributed by atoms with Gasteiger partial charge in [-0.3, -0.25) is 0 Å². The van der Waals surface area contributed by atoms with Crippen LogP contribution in [0.3, 0.4) is 0 Å². The van der Waals surface area contributed by atoms with Crippen molar-refractivity contribution in [3.8, 4) is 0 Å². The molecule has 22 heavy (non-hydrogen) atoms. The van der Waals surface area contributed by atoms with Crippen molar-refractivity contribution in [2.75, 3.05) is 13.2 Å². The summed E-state index contributed by atoms with van der Waals surface area (Å²) in [7, 11) is 1.31. The summed E-state index contributed by atoms with van der Waals surface area (Å²) < 4.78 is 1.14. The Labute approximate surface area is 136 Å². The number of hydrogen-bond acceptors (Lipinski definition) is 0. The molecule has 0 unspecified atom stereocenters. The van der Waals surface area contributed by atoms with Gasteiger partial charge in [-0.1, -0.05) is 68.2 Å². The second-order valence-corrected chi connectivity index (χ2v) is 13.8. The zero-order chi connectivity index (χ0) is 16.0. The van der Waals surface area contributed by atoms with Crippen molar-refractivity contribution in [3.05, 3.63) is 70.8 Å². The van der Waals surface area contributed by atoms with Gasteiger partial charge in [-0.15, -0.1) is 0 Å². The Balaban J connectivity index is 2.14. The summed E-state index contributed by atoms with van der Waals surface area (Å²) in [6.45, 7) is 10.9. The summed E-state index contributed by atoms with van der Waals surface area (Å²) in [5, 5.41) is 0. The Hall–Kier alpha value is -1.38. The van der Waals surface area contributed by atoms with E-state index in [4.69, 9.17) is 0 Å². The molecule has 2 atom stereocenters. The molecule has 116 valence electrons. The average molecular weight is 311 g/mol. The molecule has 0 saturated carbocycles. The van der Waals surface area contributed by atoms with Crippen molar-refractivity contribution in [1.82, 2.24) is 0 Å². The van der Waals surface area contributed by atoms with Crippen molar-refractivity contribution in [3.63, 3.8) is 0 Å². The molecule has 2 aromatic carbocycles. The molecule has 1 nitrogen and oxygen atoms in total. The smallest absolute Gasteiger partial charge is 0.141 e. The molecule has 0 radical (unpaired) electrons. The van der Waals surface area contributed by atoms with Crippen LogP contribution >= 0.6 is 0 Å². The molecule has 0 bridgehead atoms. The quantitative estimate of drug-likeness (QED) is 0.557. The van der Waals surface area contributed by atoms with E-state index in [0.29, 0.717) is 6.04 Å². The molecule has 0 N–H and O–H groups in total. The molecule has 0 saturated heterocycles. The molecule has 1 aliphatic rings. The van der Waals surface area contributed by atoms with Gasteiger partial charge >= 0.3 is 0 Å². The first kappa shape index (κ1) is 15.5. The van der Waals surface area contributed by atoms with Gasteiger partial charge in [0.2, 0.25) is 0 Å². The van der Waals surface area contributed by atoms with E-state index in [1.54, 1.807) is 0 Å². The monoisotopic (exact) mass is 310 g/mol. The first-order valence-electron chi connectivity index (χ1n) is 8.28. The molecular weight excluding hydrogens is 282 g/mol. The van der Waals surface area contributed by atoms with Gasteiger partial charge in [0.25, 0.3) is 0 Å². The third-order valence-corrected chi connectivity index (χ3v) is 6.49. The van der Waals surface area contributed by atoms with E-state index in [1.807, 2.05) is 0 Å². The lowest BCUT2D eigenvalue weighted by atomic mass is 9.94. The molecule has 0 fully saturated rings. The summed E-state index contributed by atoms with van der Waals surface area (Å²) in [4.78, 5) is 0. The molecule has 0 amide bonds. The van der Waals surface area contributed by atoms with E-state index in [-0.39, 0.29) is 0 Å². The zero-order valence-corrected chi connectivity index (χ0v) is 15.6. The summed E-state index contributed by atoms with van der Waals surface area (Å²) >= 11 is 0. The number of fused-ring (bicyclic) bond motifs is 1. The Bertz CT molecular complexity index is 686. The number of quaternary nitrogens is 1. The van der Waals surface area contributed by atoms with Crippen LogP contribution in [-0.4, -0.2) is 25.8 Å². The van der Waals surface area contributed by atoms with Gasteiger partial charge in [-0.05, 0) is 12.5 Å². The predicted octanol–water partition coefficient (Wildman–Crippen LogP) is 4.92. The molecular formula is C20H28NSi+. The Morgan fingerprint density at radius 1 is 0.955 bits per heavy atom. The summed E-state index contributed by atoms with van der Waals surface area (Å²) in [6.07, 6.45) is 1.32. The van der Waals surface area contributed by atoms with Crippen molar-refractivity contribution >= 4 is 8.07 Å². The topological polar surface area (TPSA) is 0 Å². The van der Waals surface area contributed by atoms with Crippen LogP contribution in [0, 0.1) is 6.92 Å². The van der Waals surface area contributed by atoms with Gasteiger partial charge < -0.3 is 4.48 Å². The molecule has 2 heteroatoms. The average Bonchev–Trinajstić information content (AvgIpc) is 2.68. The molecule has 2 aromatic rings. The third-order valence-electron chi connectivity index (χ3n) is 4.82. The normalized spacial score (nSPS) is 24.3. The Morgan fingerprint density at radius 2 is 1.55 bits per heavy atom. The van der Waals surface area contributed by atoms with Gasteiger partial charge in [0.15, 0.2) is 0 Å². The largest absolute Gasteiger partial charge is 0.316 e. The predicted molar refractivity (Wildman–Crippen MR) is 97.6 cm³/mol. The fraction of sp³-hybridized carbons (Fsp3) is 0.400.